The summed E-state index contributed by atoms with van der Waals surface area (Å²) in [6.45, 7) is 6.87. The zero-order valence-corrected chi connectivity index (χ0v) is 18.0. The van der Waals surface area contributed by atoms with E-state index in [4.69, 9.17) is 16.3 Å². The Morgan fingerprint density at radius 1 is 1.34 bits per heavy atom. The van der Waals surface area contributed by atoms with E-state index in [2.05, 4.69) is 18.0 Å². The first kappa shape index (κ1) is 21.4. The standard InChI is InChI=1S/C22H25ClN2O3S/c1-3-11-24(21(26)4-2)14-22(27)25-12-9-20-18(10-13-29-20)19(25)15-28-17-7-5-16(23)6-8-17/h3,5-8,10,13,19H,1,4,9,11-12,14-15H2,2H3. The third-order valence-electron chi connectivity index (χ3n) is 4.97. The first-order valence-electron chi connectivity index (χ1n) is 9.66. The SMILES string of the molecule is C=CCN(CC(=O)N1CCc2sccc2C1COc1ccc(Cl)cc1)C(=O)CC. The van der Waals surface area contributed by atoms with Gasteiger partial charge in [-0.15, -0.1) is 17.9 Å². The normalized spacial score (nSPS) is 15.5. The molecule has 5 nitrogen and oxygen atoms in total. The van der Waals surface area contributed by atoms with Crippen LogP contribution in [0, 0.1) is 0 Å². The van der Waals surface area contributed by atoms with Gasteiger partial charge in [-0.2, -0.15) is 0 Å². The van der Waals surface area contributed by atoms with E-state index in [9.17, 15) is 9.59 Å². The molecule has 0 spiro atoms. The number of benzene rings is 1. The van der Waals surface area contributed by atoms with Crippen molar-refractivity contribution in [3.05, 3.63) is 63.8 Å². The van der Waals surface area contributed by atoms with E-state index in [-0.39, 0.29) is 24.4 Å². The highest BCUT2D eigenvalue weighted by atomic mass is 35.5. The number of hydrogen-bond acceptors (Lipinski definition) is 4. The molecule has 29 heavy (non-hydrogen) atoms. The van der Waals surface area contributed by atoms with Gasteiger partial charge >= 0.3 is 0 Å². The minimum absolute atomic E-state index is 0.0512. The van der Waals surface area contributed by atoms with Crippen molar-refractivity contribution in [3.8, 4) is 5.75 Å². The lowest BCUT2D eigenvalue weighted by Crippen LogP contribution is -2.47. The maximum absolute atomic E-state index is 13.1. The largest absolute Gasteiger partial charge is 0.491 e. The molecule has 0 saturated carbocycles. The summed E-state index contributed by atoms with van der Waals surface area (Å²) >= 11 is 7.65. The van der Waals surface area contributed by atoms with Gasteiger partial charge in [-0.05, 0) is 47.7 Å². The fourth-order valence-electron chi connectivity index (χ4n) is 3.47. The molecule has 0 bridgehead atoms. The number of rotatable bonds is 8. The Morgan fingerprint density at radius 3 is 2.79 bits per heavy atom. The molecular formula is C22H25ClN2O3S. The lowest BCUT2D eigenvalue weighted by Gasteiger charge is -2.37. The highest BCUT2D eigenvalue weighted by Crippen LogP contribution is 2.34. The monoisotopic (exact) mass is 432 g/mol. The number of halogens is 1. The van der Waals surface area contributed by atoms with Gasteiger partial charge in [-0.1, -0.05) is 24.6 Å². The Hall–Kier alpha value is -2.31. The van der Waals surface area contributed by atoms with Crippen molar-refractivity contribution in [3.63, 3.8) is 0 Å². The zero-order chi connectivity index (χ0) is 20.8. The van der Waals surface area contributed by atoms with Crippen LogP contribution in [0.15, 0.2) is 48.4 Å². The number of amides is 2. The Labute approximate surface area is 180 Å². The van der Waals surface area contributed by atoms with Crippen LogP contribution in [0.5, 0.6) is 5.75 Å². The van der Waals surface area contributed by atoms with Gasteiger partial charge in [0.05, 0.1) is 6.04 Å². The fraction of sp³-hybridized carbons (Fsp3) is 0.364. The lowest BCUT2D eigenvalue weighted by atomic mass is 10.0. The molecule has 7 heteroatoms. The van der Waals surface area contributed by atoms with Crippen LogP contribution in [0.1, 0.15) is 29.8 Å². The van der Waals surface area contributed by atoms with E-state index in [1.54, 1.807) is 41.4 Å². The topological polar surface area (TPSA) is 49.9 Å². The van der Waals surface area contributed by atoms with Crippen molar-refractivity contribution in [2.24, 2.45) is 0 Å². The number of nitrogens with zero attached hydrogens (tertiary/aromatic N) is 2. The molecule has 0 saturated heterocycles. The number of carbonyl (C=O) groups is 2. The summed E-state index contributed by atoms with van der Waals surface area (Å²) in [4.78, 5) is 30.0. The molecule has 154 valence electrons. The van der Waals surface area contributed by atoms with Crippen molar-refractivity contribution in [1.82, 2.24) is 9.80 Å². The Bertz CT molecular complexity index is 865. The van der Waals surface area contributed by atoms with Crippen LogP contribution >= 0.6 is 22.9 Å². The van der Waals surface area contributed by atoms with Gasteiger partial charge in [0.2, 0.25) is 11.8 Å². The minimum Gasteiger partial charge on any atom is -0.491 e. The summed E-state index contributed by atoms with van der Waals surface area (Å²) in [6, 6.07) is 9.07. The highest BCUT2D eigenvalue weighted by molar-refractivity contribution is 7.10. The van der Waals surface area contributed by atoms with Gasteiger partial charge in [-0.25, -0.2) is 0 Å². The van der Waals surface area contributed by atoms with Crippen molar-refractivity contribution in [2.45, 2.75) is 25.8 Å². The van der Waals surface area contributed by atoms with Crippen molar-refractivity contribution >= 4 is 34.8 Å². The molecule has 2 heterocycles. The number of fused-ring (bicyclic) bond motifs is 1. The van der Waals surface area contributed by atoms with Crippen LogP contribution in [0.3, 0.4) is 0 Å². The summed E-state index contributed by atoms with van der Waals surface area (Å²) in [5, 5.41) is 2.70. The third kappa shape index (κ3) is 5.19. The van der Waals surface area contributed by atoms with Crippen LogP contribution in [0.2, 0.25) is 5.02 Å². The predicted molar refractivity (Wildman–Crippen MR) is 116 cm³/mol. The predicted octanol–water partition coefficient (Wildman–Crippen LogP) is 4.33. The molecule has 0 N–H and O–H groups in total. The van der Waals surface area contributed by atoms with Gasteiger partial charge < -0.3 is 14.5 Å². The van der Waals surface area contributed by atoms with E-state index in [1.165, 1.54) is 4.88 Å². The second-order valence-corrected chi connectivity index (χ2v) is 8.27. The van der Waals surface area contributed by atoms with E-state index in [1.807, 2.05) is 17.0 Å². The number of carbonyl (C=O) groups excluding carboxylic acids is 2. The summed E-state index contributed by atoms with van der Waals surface area (Å²) in [5.74, 6) is 0.578. The highest BCUT2D eigenvalue weighted by Gasteiger charge is 2.33. The number of ether oxygens (including phenoxy) is 1. The fourth-order valence-corrected chi connectivity index (χ4v) is 4.52. The zero-order valence-electron chi connectivity index (χ0n) is 16.5. The molecule has 0 radical (unpaired) electrons. The Kier molecular flexibility index (Phi) is 7.34. The minimum atomic E-state index is -0.185. The van der Waals surface area contributed by atoms with Crippen molar-refractivity contribution in [2.75, 3.05) is 26.2 Å². The van der Waals surface area contributed by atoms with Crippen molar-refractivity contribution < 1.29 is 14.3 Å². The summed E-state index contributed by atoms with van der Waals surface area (Å²) in [5.41, 5.74) is 1.13. The van der Waals surface area contributed by atoms with E-state index in [0.717, 1.165) is 12.0 Å². The molecule has 3 rings (SSSR count). The second-order valence-electron chi connectivity index (χ2n) is 6.83. The molecule has 1 aromatic carbocycles. The average molecular weight is 433 g/mol. The second kappa shape index (κ2) is 9.94. The smallest absolute Gasteiger partial charge is 0.242 e. The van der Waals surface area contributed by atoms with Gasteiger partial charge in [-0.3, -0.25) is 9.59 Å². The summed E-state index contributed by atoms with van der Waals surface area (Å²) in [6.07, 6.45) is 2.83. The molecule has 0 fully saturated rings. The van der Waals surface area contributed by atoms with Gasteiger partial charge in [0.15, 0.2) is 0 Å². The van der Waals surface area contributed by atoms with Crippen LogP contribution in [-0.4, -0.2) is 47.9 Å². The summed E-state index contributed by atoms with van der Waals surface area (Å²) < 4.78 is 5.98. The van der Waals surface area contributed by atoms with Crippen LogP contribution < -0.4 is 4.74 Å². The van der Waals surface area contributed by atoms with Gasteiger partial charge in [0, 0.05) is 29.4 Å². The van der Waals surface area contributed by atoms with Crippen LogP contribution in [0.25, 0.3) is 0 Å². The summed E-state index contributed by atoms with van der Waals surface area (Å²) in [7, 11) is 0. The van der Waals surface area contributed by atoms with E-state index < -0.39 is 0 Å². The molecule has 1 aliphatic heterocycles. The van der Waals surface area contributed by atoms with Crippen LogP contribution in [-0.2, 0) is 16.0 Å². The third-order valence-corrected chi connectivity index (χ3v) is 6.22. The van der Waals surface area contributed by atoms with Gasteiger partial charge in [0.1, 0.15) is 18.9 Å². The molecule has 1 unspecified atom stereocenters. The van der Waals surface area contributed by atoms with E-state index >= 15 is 0 Å². The Morgan fingerprint density at radius 2 is 2.10 bits per heavy atom. The first-order valence-corrected chi connectivity index (χ1v) is 10.9. The van der Waals surface area contributed by atoms with Crippen LogP contribution in [0.4, 0.5) is 0 Å². The molecule has 2 aromatic rings. The quantitative estimate of drug-likeness (QED) is 0.583. The Balaban J connectivity index is 1.76. The molecule has 1 aromatic heterocycles. The molecule has 1 aliphatic rings. The maximum atomic E-state index is 13.1. The van der Waals surface area contributed by atoms with Crippen molar-refractivity contribution in [1.29, 1.82) is 0 Å². The van der Waals surface area contributed by atoms with Gasteiger partial charge in [0.25, 0.3) is 0 Å². The maximum Gasteiger partial charge on any atom is 0.242 e. The first-order chi connectivity index (χ1) is 14.0. The molecule has 2 amide bonds. The average Bonchev–Trinajstić information content (AvgIpc) is 3.21. The van der Waals surface area contributed by atoms with E-state index in [0.29, 0.717) is 36.9 Å². The lowest BCUT2D eigenvalue weighted by molar-refractivity contribution is -0.142. The molecular weight excluding hydrogens is 408 g/mol. The number of thiophene rings is 1. The number of hydrogen-bond donors (Lipinski definition) is 0. The molecule has 1 atom stereocenters. The molecule has 0 aliphatic carbocycles.